The Morgan fingerprint density at radius 2 is 1.65 bits per heavy atom. The average molecular weight is 347 g/mol. The zero-order valence-electron chi connectivity index (χ0n) is 14.7. The Bertz CT molecular complexity index is 916. The predicted molar refractivity (Wildman–Crippen MR) is 104 cm³/mol. The van der Waals surface area contributed by atoms with E-state index < -0.39 is 0 Å². The van der Waals surface area contributed by atoms with E-state index >= 15 is 0 Å². The molecule has 0 unspecified atom stereocenters. The van der Waals surface area contributed by atoms with Gasteiger partial charge in [0, 0.05) is 17.7 Å². The fourth-order valence-electron chi connectivity index (χ4n) is 2.70. The number of fused-ring (bicyclic) bond motifs is 1. The largest absolute Gasteiger partial charge is 0.494 e. The summed E-state index contributed by atoms with van der Waals surface area (Å²) in [6, 6.07) is 20.9. The molecule has 3 rings (SSSR count). The second kappa shape index (κ2) is 8.30. The molecule has 3 aromatic rings. The Hall–Kier alpha value is -3.14. The maximum absolute atomic E-state index is 12.1. The predicted octanol–water partition coefficient (Wildman–Crippen LogP) is 4.84. The van der Waals surface area contributed by atoms with Gasteiger partial charge in [-0.25, -0.2) is 0 Å². The van der Waals surface area contributed by atoms with E-state index in [9.17, 15) is 9.59 Å². The molecule has 0 saturated carbocycles. The molecular weight excluding hydrogens is 326 g/mol. The quantitative estimate of drug-likeness (QED) is 0.491. The zero-order valence-corrected chi connectivity index (χ0v) is 14.7. The van der Waals surface area contributed by atoms with Crippen molar-refractivity contribution in [1.29, 1.82) is 0 Å². The molecule has 0 heterocycles. The number of benzene rings is 3. The van der Waals surface area contributed by atoms with Crippen LogP contribution in [-0.4, -0.2) is 18.3 Å². The number of anilines is 1. The molecule has 0 radical (unpaired) electrons. The monoisotopic (exact) mass is 347 g/mol. The van der Waals surface area contributed by atoms with Crippen LogP contribution in [0.4, 0.5) is 5.69 Å². The molecule has 0 bridgehead atoms. The van der Waals surface area contributed by atoms with Crippen LogP contribution >= 0.6 is 0 Å². The van der Waals surface area contributed by atoms with Crippen molar-refractivity contribution >= 4 is 28.2 Å². The first-order valence-corrected chi connectivity index (χ1v) is 8.64. The molecule has 4 heteroatoms. The summed E-state index contributed by atoms with van der Waals surface area (Å²) in [5.74, 6) is 0.697. The van der Waals surface area contributed by atoms with Crippen molar-refractivity contribution in [1.82, 2.24) is 0 Å². The van der Waals surface area contributed by atoms with E-state index in [4.69, 9.17) is 4.74 Å². The fourth-order valence-corrected chi connectivity index (χ4v) is 2.70. The number of rotatable bonds is 7. The SMILES string of the molecule is CC(=O)c1ccc(OCCCC(=O)Nc2ccc3ccccc3c2)cc1. The van der Waals surface area contributed by atoms with Crippen molar-refractivity contribution in [3.63, 3.8) is 0 Å². The van der Waals surface area contributed by atoms with Gasteiger partial charge in [-0.3, -0.25) is 9.59 Å². The third-order valence-corrected chi connectivity index (χ3v) is 4.11. The van der Waals surface area contributed by atoms with E-state index in [0.29, 0.717) is 30.8 Å². The lowest BCUT2D eigenvalue weighted by Gasteiger charge is -2.08. The Kier molecular flexibility index (Phi) is 5.64. The van der Waals surface area contributed by atoms with Gasteiger partial charge in [-0.05, 0) is 60.5 Å². The number of Topliss-reactive ketones (excluding diaryl/α,β-unsaturated/α-hetero) is 1. The molecule has 0 aromatic heterocycles. The van der Waals surface area contributed by atoms with E-state index in [1.807, 2.05) is 42.5 Å². The number of nitrogens with one attached hydrogen (secondary N) is 1. The van der Waals surface area contributed by atoms with Crippen LogP contribution in [-0.2, 0) is 4.79 Å². The first-order valence-electron chi connectivity index (χ1n) is 8.64. The van der Waals surface area contributed by atoms with Crippen LogP contribution in [0, 0.1) is 0 Å². The van der Waals surface area contributed by atoms with E-state index in [0.717, 1.165) is 16.5 Å². The molecule has 0 spiro atoms. The summed E-state index contributed by atoms with van der Waals surface area (Å²) < 4.78 is 5.61. The molecule has 0 saturated heterocycles. The lowest BCUT2D eigenvalue weighted by atomic mass is 10.1. The molecule has 0 aliphatic rings. The highest BCUT2D eigenvalue weighted by molar-refractivity contribution is 5.94. The molecule has 3 aromatic carbocycles. The highest BCUT2D eigenvalue weighted by Gasteiger charge is 2.04. The van der Waals surface area contributed by atoms with E-state index in [1.165, 1.54) is 6.92 Å². The molecule has 0 fully saturated rings. The summed E-state index contributed by atoms with van der Waals surface area (Å²) in [6.45, 7) is 1.98. The average Bonchev–Trinajstić information content (AvgIpc) is 2.65. The van der Waals surface area contributed by atoms with Crippen molar-refractivity contribution in [2.75, 3.05) is 11.9 Å². The number of ketones is 1. The maximum atomic E-state index is 12.1. The van der Waals surface area contributed by atoms with Gasteiger partial charge in [0.1, 0.15) is 5.75 Å². The first kappa shape index (κ1) is 17.7. The molecule has 0 aliphatic carbocycles. The number of hydrogen-bond acceptors (Lipinski definition) is 3. The van der Waals surface area contributed by atoms with Crippen molar-refractivity contribution in [3.8, 4) is 5.75 Å². The summed E-state index contributed by atoms with van der Waals surface area (Å²) in [7, 11) is 0. The number of carbonyl (C=O) groups excluding carboxylic acids is 2. The normalized spacial score (nSPS) is 10.5. The number of amides is 1. The standard InChI is InChI=1S/C22H21NO3/c1-16(24)17-9-12-21(13-10-17)26-14-4-7-22(25)23-20-11-8-18-5-2-3-6-19(18)15-20/h2-3,5-6,8-13,15H,4,7,14H2,1H3,(H,23,25). The van der Waals surface area contributed by atoms with Crippen molar-refractivity contribution in [2.24, 2.45) is 0 Å². The highest BCUT2D eigenvalue weighted by Crippen LogP contribution is 2.19. The van der Waals surface area contributed by atoms with Crippen LogP contribution in [0.1, 0.15) is 30.1 Å². The minimum absolute atomic E-state index is 0.0295. The van der Waals surface area contributed by atoms with Gasteiger partial charge >= 0.3 is 0 Å². The lowest BCUT2D eigenvalue weighted by molar-refractivity contribution is -0.116. The second-order valence-corrected chi connectivity index (χ2v) is 6.14. The number of carbonyl (C=O) groups is 2. The highest BCUT2D eigenvalue weighted by atomic mass is 16.5. The third-order valence-electron chi connectivity index (χ3n) is 4.11. The topological polar surface area (TPSA) is 55.4 Å². The Morgan fingerprint density at radius 3 is 2.38 bits per heavy atom. The van der Waals surface area contributed by atoms with Gasteiger partial charge in [-0.15, -0.1) is 0 Å². The first-order chi connectivity index (χ1) is 12.6. The van der Waals surface area contributed by atoms with Crippen molar-refractivity contribution < 1.29 is 14.3 Å². The van der Waals surface area contributed by atoms with Gasteiger partial charge in [0.05, 0.1) is 6.61 Å². The summed E-state index contributed by atoms with van der Waals surface area (Å²) in [5.41, 5.74) is 1.46. The van der Waals surface area contributed by atoms with E-state index in [2.05, 4.69) is 5.32 Å². The molecule has 0 atom stereocenters. The minimum Gasteiger partial charge on any atom is -0.494 e. The fraction of sp³-hybridized carbons (Fsp3) is 0.182. The Balaban J connectivity index is 1.44. The summed E-state index contributed by atoms with van der Waals surface area (Å²) in [4.78, 5) is 23.3. The Labute approximate surface area is 152 Å². The summed E-state index contributed by atoms with van der Waals surface area (Å²) in [6.07, 6.45) is 1.01. The number of ether oxygens (including phenoxy) is 1. The maximum Gasteiger partial charge on any atom is 0.224 e. The van der Waals surface area contributed by atoms with Crippen LogP contribution in [0.5, 0.6) is 5.75 Å². The minimum atomic E-state index is -0.0317. The van der Waals surface area contributed by atoms with Gasteiger partial charge in [0.2, 0.25) is 5.91 Å². The van der Waals surface area contributed by atoms with Crippen LogP contribution in [0.3, 0.4) is 0 Å². The number of hydrogen-bond donors (Lipinski definition) is 1. The van der Waals surface area contributed by atoms with Gasteiger partial charge < -0.3 is 10.1 Å². The van der Waals surface area contributed by atoms with Crippen molar-refractivity contribution in [3.05, 3.63) is 72.3 Å². The molecule has 26 heavy (non-hydrogen) atoms. The molecule has 1 N–H and O–H groups in total. The van der Waals surface area contributed by atoms with Crippen molar-refractivity contribution in [2.45, 2.75) is 19.8 Å². The molecule has 1 amide bonds. The smallest absolute Gasteiger partial charge is 0.224 e. The van der Waals surface area contributed by atoms with Gasteiger partial charge in [-0.2, -0.15) is 0 Å². The summed E-state index contributed by atoms with van der Waals surface area (Å²) >= 11 is 0. The van der Waals surface area contributed by atoms with Gasteiger partial charge in [0.15, 0.2) is 5.78 Å². The second-order valence-electron chi connectivity index (χ2n) is 6.14. The summed E-state index contributed by atoms with van der Waals surface area (Å²) in [5, 5.41) is 5.17. The van der Waals surface area contributed by atoms with Crippen LogP contribution in [0.2, 0.25) is 0 Å². The Morgan fingerprint density at radius 1 is 0.923 bits per heavy atom. The van der Waals surface area contributed by atoms with E-state index in [1.54, 1.807) is 24.3 Å². The zero-order chi connectivity index (χ0) is 18.4. The molecule has 4 nitrogen and oxygen atoms in total. The van der Waals surface area contributed by atoms with Crippen LogP contribution in [0.25, 0.3) is 10.8 Å². The van der Waals surface area contributed by atoms with Gasteiger partial charge in [0.25, 0.3) is 0 Å². The lowest BCUT2D eigenvalue weighted by Crippen LogP contribution is -2.12. The van der Waals surface area contributed by atoms with Crippen LogP contribution in [0.15, 0.2) is 66.7 Å². The third kappa shape index (κ3) is 4.70. The van der Waals surface area contributed by atoms with Gasteiger partial charge in [-0.1, -0.05) is 30.3 Å². The molecular formula is C22H21NO3. The molecule has 132 valence electrons. The molecule has 0 aliphatic heterocycles. The van der Waals surface area contributed by atoms with Crippen LogP contribution < -0.4 is 10.1 Å². The van der Waals surface area contributed by atoms with E-state index in [-0.39, 0.29) is 11.7 Å².